The number of halogens is 3. The number of fused-ring (bicyclic) bond motifs is 1. The molecule has 0 spiro atoms. The third-order valence-electron chi connectivity index (χ3n) is 4.43. The number of nitrogens with zero attached hydrogens (tertiary/aromatic N) is 2. The second-order valence-corrected chi connectivity index (χ2v) is 8.45. The Labute approximate surface area is 170 Å². The van der Waals surface area contributed by atoms with Crippen LogP contribution in [0.4, 0.5) is 18.9 Å². The third kappa shape index (κ3) is 4.46. The minimum Gasteiger partial charge on any atom is -0.306 e. The molecule has 30 heavy (non-hydrogen) atoms. The molecular weight excluding hydrogens is 415 g/mol. The van der Waals surface area contributed by atoms with Gasteiger partial charge in [-0.15, -0.1) is 0 Å². The van der Waals surface area contributed by atoms with Crippen LogP contribution in [0.1, 0.15) is 11.1 Å². The zero-order valence-electron chi connectivity index (χ0n) is 15.5. The van der Waals surface area contributed by atoms with Crippen LogP contribution >= 0.6 is 0 Å². The van der Waals surface area contributed by atoms with Crippen LogP contribution in [0.3, 0.4) is 0 Å². The molecule has 0 saturated carbocycles. The number of sulfonamides is 1. The maximum absolute atomic E-state index is 12.7. The lowest BCUT2D eigenvalue weighted by molar-refractivity contribution is -0.137. The second-order valence-electron chi connectivity index (χ2n) is 6.73. The lowest BCUT2D eigenvalue weighted by Crippen LogP contribution is -2.15. The number of imidazole rings is 1. The number of alkyl halides is 3. The molecule has 2 heterocycles. The molecule has 0 fully saturated rings. The van der Waals surface area contributed by atoms with Crippen LogP contribution in [0.15, 0.2) is 79.1 Å². The smallest absolute Gasteiger partial charge is 0.306 e. The normalized spacial score (nSPS) is 12.2. The Morgan fingerprint density at radius 1 is 0.967 bits per heavy atom. The van der Waals surface area contributed by atoms with E-state index in [0.29, 0.717) is 11.4 Å². The van der Waals surface area contributed by atoms with Crippen molar-refractivity contribution >= 4 is 21.4 Å². The first-order valence-corrected chi connectivity index (χ1v) is 10.6. The fourth-order valence-electron chi connectivity index (χ4n) is 3.04. The van der Waals surface area contributed by atoms with Gasteiger partial charge in [0.05, 0.1) is 17.0 Å². The van der Waals surface area contributed by atoms with Gasteiger partial charge < -0.3 is 4.40 Å². The zero-order chi connectivity index (χ0) is 21.4. The van der Waals surface area contributed by atoms with Crippen molar-refractivity contribution in [3.63, 3.8) is 0 Å². The number of aromatic nitrogens is 2. The molecule has 0 aliphatic heterocycles. The number of rotatable bonds is 5. The molecule has 0 atom stereocenters. The third-order valence-corrected chi connectivity index (χ3v) is 5.69. The minimum atomic E-state index is -4.46. The van der Waals surface area contributed by atoms with Crippen molar-refractivity contribution in [2.75, 3.05) is 4.72 Å². The van der Waals surface area contributed by atoms with Crippen molar-refractivity contribution in [3.8, 4) is 11.3 Å². The first-order valence-electron chi connectivity index (χ1n) is 8.90. The highest BCUT2D eigenvalue weighted by atomic mass is 32.2. The summed E-state index contributed by atoms with van der Waals surface area (Å²) in [6.07, 6.45) is -0.762. The molecule has 9 heteroatoms. The molecule has 4 aromatic rings. The van der Waals surface area contributed by atoms with Crippen LogP contribution in [0.5, 0.6) is 0 Å². The number of hydrogen-bond acceptors (Lipinski definition) is 3. The monoisotopic (exact) mass is 431 g/mol. The number of anilines is 1. The van der Waals surface area contributed by atoms with E-state index in [1.807, 2.05) is 41.1 Å². The summed E-state index contributed by atoms with van der Waals surface area (Å²) in [7, 11) is -3.82. The van der Waals surface area contributed by atoms with Gasteiger partial charge in [-0.3, -0.25) is 4.72 Å². The predicted octanol–water partition coefficient (Wildman–Crippen LogP) is 4.96. The van der Waals surface area contributed by atoms with Crippen LogP contribution in [-0.2, 0) is 22.0 Å². The lowest BCUT2D eigenvalue weighted by atomic mass is 10.1. The fourth-order valence-corrected chi connectivity index (χ4v) is 4.23. The van der Waals surface area contributed by atoms with Crippen LogP contribution in [-0.4, -0.2) is 17.8 Å². The Morgan fingerprint density at radius 3 is 2.43 bits per heavy atom. The highest BCUT2D eigenvalue weighted by Gasteiger charge is 2.30. The van der Waals surface area contributed by atoms with Crippen molar-refractivity contribution in [1.82, 2.24) is 9.38 Å². The molecule has 1 N–H and O–H groups in total. The Hall–Kier alpha value is -3.33. The molecule has 0 aliphatic rings. The van der Waals surface area contributed by atoms with Gasteiger partial charge in [-0.1, -0.05) is 30.3 Å². The Morgan fingerprint density at radius 2 is 1.73 bits per heavy atom. The minimum absolute atomic E-state index is 0.256. The van der Waals surface area contributed by atoms with Gasteiger partial charge in [-0.05, 0) is 42.0 Å². The van der Waals surface area contributed by atoms with E-state index in [9.17, 15) is 21.6 Å². The van der Waals surface area contributed by atoms with E-state index >= 15 is 0 Å². The molecule has 0 radical (unpaired) electrons. The summed E-state index contributed by atoms with van der Waals surface area (Å²) in [6.45, 7) is 0. The van der Waals surface area contributed by atoms with Crippen LogP contribution < -0.4 is 4.72 Å². The lowest BCUT2D eigenvalue weighted by Gasteiger charge is -2.10. The van der Waals surface area contributed by atoms with Gasteiger partial charge in [0.1, 0.15) is 5.65 Å². The average molecular weight is 431 g/mol. The van der Waals surface area contributed by atoms with Crippen LogP contribution in [0.25, 0.3) is 16.9 Å². The molecular formula is C21H16F3N3O2S. The first-order chi connectivity index (χ1) is 14.2. The summed E-state index contributed by atoms with van der Waals surface area (Å²) in [4.78, 5) is 4.51. The van der Waals surface area contributed by atoms with Gasteiger partial charge in [0.15, 0.2) is 0 Å². The van der Waals surface area contributed by atoms with Gasteiger partial charge in [-0.2, -0.15) is 13.2 Å². The van der Waals surface area contributed by atoms with Crippen molar-refractivity contribution < 1.29 is 21.6 Å². The fraction of sp³-hybridized carbons (Fsp3) is 0.0952. The summed E-state index contributed by atoms with van der Waals surface area (Å²) in [5.41, 5.74) is 1.96. The Kier molecular flexibility index (Phi) is 4.98. The van der Waals surface area contributed by atoms with E-state index < -0.39 is 27.5 Å². The van der Waals surface area contributed by atoms with E-state index in [1.165, 1.54) is 0 Å². The molecule has 154 valence electrons. The Balaban J connectivity index is 1.52. The predicted molar refractivity (Wildman–Crippen MR) is 108 cm³/mol. The number of nitrogens with one attached hydrogen (secondary N) is 1. The van der Waals surface area contributed by atoms with Gasteiger partial charge in [0.2, 0.25) is 10.0 Å². The molecule has 0 bridgehead atoms. The van der Waals surface area contributed by atoms with E-state index in [4.69, 9.17) is 0 Å². The number of hydrogen-bond donors (Lipinski definition) is 1. The van der Waals surface area contributed by atoms with E-state index in [-0.39, 0.29) is 5.56 Å². The molecule has 5 nitrogen and oxygen atoms in total. The van der Waals surface area contributed by atoms with Crippen molar-refractivity contribution in [2.45, 2.75) is 11.9 Å². The molecule has 2 aromatic heterocycles. The zero-order valence-corrected chi connectivity index (χ0v) is 16.3. The van der Waals surface area contributed by atoms with Gasteiger partial charge >= 0.3 is 6.18 Å². The van der Waals surface area contributed by atoms with E-state index in [2.05, 4.69) is 9.71 Å². The van der Waals surface area contributed by atoms with Crippen molar-refractivity contribution in [1.29, 1.82) is 0 Å². The van der Waals surface area contributed by atoms with Crippen molar-refractivity contribution in [3.05, 3.63) is 90.3 Å². The van der Waals surface area contributed by atoms with Crippen LogP contribution in [0.2, 0.25) is 0 Å². The molecule has 0 unspecified atom stereocenters. The van der Waals surface area contributed by atoms with Gasteiger partial charge in [0, 0.05) is 23.6 Å². The summed E-state index contributed by atoms with van der Waals surface area (Å²) < 4.78 is 67.3. The van der Waals surface area contributed by atoms with Gasteiger partial charge in [-0.25, -0.2) is 13.4 Å². The highest BCUT2D eigenvalue weighted by Crippen LogP contribution is 2.29. The average Bonchev–Trinajstić information content (AvgIpc) is 3.11. The Bertz CT molecular complexity index is 1260. The van der Waals surface area contributed by atoms with Gasteiger partial charge in [0.25, 0.3) is 0 Å². The first kappa shape index (κ1) is 20.0. The molecule has 0 amide bonds. The molecule has 0 aliphatic carbocycles. The SMILES string of the molecule is O=S(=O)(Cc1ccc(C(F)(F)F)cc1)Nc1cccc(-c2cn3ccccc3n2)c1. The second kappa shape index (κ2) is 7.49. The quantitative estimate of drug-likeness (QED) is 0.486. The molecule has 0 saturated heterocycles. The maximum atomic E-state index is 12.7. The van der Waals surface area contributed by atoms with E-state index in [1.54, 1.807) is 18.2 Å². The van der Waals surface area contributed by atoms with Crippen LogP contribution in [0, 0.1) is 0 Å². The summed E-state index contributed by atoms with van der Waals surface area (Å²) in [5.74, 6) is -0.441. The summed E-state index contributed by atoms with van der Waals surface area (Å²) >= 11 is 0. The van der Waals surface area contributed by atoms with E-state index in [0.717, 1.165) is 35.5 Å². The standard InChI is InChI=1S/C21H16F3N3O2S/c22-21(23,24)17-9-7-15(8-10-17)14-30(28,29)26-18-5-3-4-16(12-18)19-13-27-11-2-1-6-20(27)25-19/h1-13,26H,14H2. The summed E-state index contributed by atoms with van der Waals surface area (Å²) in [6, 6.07) is 16.5. The summed E-state index contributed by atoms with van der Waals surface area (Å²) in [5, 5.41) is 0. The highest BCUT2D eigenvalue weighted by molar-refractivity contribution is 7.91. The van der Waals surface area contributed by atoms with Crippen molar-refractivity contribution in [2.24, 2.45) is 0 Å². The number of benzene rings is 2. The number of pyridine rings is 1. The maximum Gasteiger partial charge on any atom is 0.416 e. The topological polar surface area (TPSA) is 63.5 Å². The largest absolute Gasteiger partial charge is 0.416 e. The molecule has 2 aromatic carbocycles. The molecule has 4 rings (SSSR count).